The Kier molecular flexibility index (Phi) is 8.36. The van der Waals surface area contributed by atoms with Crippen molar-refractivity contribution in [3.8, 4) is 0 Å². The number of aliphatic hydroxyl groups excluding tert-OH is 2. The Hall–Kier alpha value is -1.04. The van der Waals surface area contributed by atoms with Crippen molar-refractivity contribution in [3.05, 3.63) is 35.5 Å². The lowest BCUT2D eigenvalue weighted by molar-refractivity contribution is 0.0810. The van der Waals surface area contributed by atoms with Gasteiger partial charge in [0, 0.05) is 25.9 Å². The van der Waals surface area contributed by atoms with Gasteiger partial charge in [-0.15, -0.1) is 0 Å². The molecule has 1 heterocycles. The van der Waals surface area contributed by atoms with Crippen molar-refractivity contribution in [2.24, 2.45) is 29.1 Å². The maximum atomic E-state index is 12.6. The molecule has 0 bridgehead atoms. The molecule has 34 heavy (non-hydrogen) atoms. The molecule has 3 nitrogen and oxygen atoms in total. The minimum absolute atomic E-state index is 0.0486. The van der Waals surface area contributed by atoms with E-state index < -0.39 is 18.6 Å². The van der Waals surface area contributed by atoms with Gasteiger partial charge >= 0.3 is 0 Å². The van der Waals surface area contributed by atoms with Crippen LogP contribution in [0.2, 0.25) is 0 Å². The van der Waals surface area contributed by atoms with Gasteiger partial charge in [0.2, 0.25) is 6.43 Å². The minimum Gasteiger partial charge on any atom is -0.393 e. The number of alkyl halides is 2. The third-order valence-corrected chi connectivity index (χ3v) is 9.70. The summed E-state index contributed by atoms with van der Waals surface area (Å²) in [5, 5.41) is 20.3. The molecule has 0 aromatic heterocycles. The van der Waals surface area contributed by atoms with E-state index in [0.29, 0.717) is 48.3 Å². The monoisotopic (exact) mass is 477 g/mol. The molecule has 4 aliphatic rings. The maximum absolute atomic E-state index is 12.6. The van der Waals surface area contributed by atoms with Crippen LogP contribution >= 0.6 is 0 Å². The Morgan fingerprint density at radius 1 is 1.21 bits per heavy atom. The van der Waals surface area contributed by atoms with Crippen LogP contribution in [0.5, 0.6) is 0 Å². The average molecular weight is 478 g/mol. The van der Waals surface area contributed by atoms with Gasteiger partial charge in [-0.25, -0.2) is 8.78 Å². The van der Waals surface area contributed by atoms with Gasteiger partial charge in [0.05, 0.1) is 12.2 Å². The highest BCUT2D eigenvalue weighted by Crippen LogP contribution is 2.59. The molecule has 5 heteroatoms. The predicted octanol–water partition coefficient (Wildman–Crippen LogP) is 6.13. The molecule has 0 amide bonds. The Balaban J connectivity index is 1.39. The van der Waals surface area contributed by atoms with E-state index in [2.05, 4.69) is 37.5 Å². The first kappa shape index (κ1) is 26.0. The number of allylic oxidation sites excluding steroid dienone is 3. The zero-order chi connectivity index (χ0) is 24.5. The quantitative estimate of drug-likeness (QED) is 0.464. The molecule has 1 aliphatic heterocycles. The molecule has 0 spiro atoms. The van der Waals surface area contributed by atoms with Gasteiger partial charge < -0.3 is 15.1 Å². The molecular formula is C29H45F2NO2. The topological polar surface area (TPSA) is 43.7 Å². The van der Waals surface area contributed by atoms with Gasteiger partial charge in [0.1, 0.15) is 0 Å². The second kappa shape index (κ2) is 10.9. The summed E-state index contributed by atoms with van der Waals surface area (Å²) in [4.78, 5) is 2.53. The molecule has 3 aliphatic carbocycles. The summed E-state index contributed by atoms with van der Waals surface area (Å²) in [5.41, 5.74) is 3.60. The summed E-state index contributed by atoms with van der Waals surface area (Å²) in [7, 11) is 0. The molecule has 0 aromatic carbocycles. The largest absolute Gasteiger partial charge is 0.393 e. The highest BCUT2D eigenvalue weighted by molar-refractivity contribution is 5.38. The molecule has 3 saturated carbocycles. The lowest BCUT2D eigenvalue weighted by Gasteiger charge is -2.45. The van der Waals surface area contributed by atoms with Crippen LogP contribution in [0.15, 0.2) is 35.5 Å². The number of halogens is 2. The summed E-state index contributed by atoms with van der Waals surface area (Å²) in [6.45, 7) is 12.1. The molecule has 4 fully saturated rings. The molecule has 2 N–H and O–H groups in total. The number of fused-ring (bicyclic) bond motifs is 1. The first-order chi connectivity index (χ1) is 16.2. The van der Waals surface area contributed by atoms with Crippen molar-refractivity contribution in [3.63, 3.8) is 0 Å². The predicted molar refractivity (Wildman–Crippen MR) is 134 cm³/mol. The maximum Gasteiger partial charge on any atom is 0.238 e. The fraction of sp³-hybridized carbons (Fsp3) is 0.793. The first-order valence-electron chi connectivity index (χ1n) is 13.6. The van der Waals surface area contributed by atoms with E-state index in [0.717, 1.165) is 43.6 Å². The number of hydrogen-bond donors (Lipinski definition) is 2. The number of aliphatic hydroxyl groups is 2. The fourth-order valence-corrected chi connectivity index (χ4v) is 7.89. The number of rotatable bonds is 7. The normalized spacial score (nSPS) is 40.4. The van der Waals surface area contributed by atoms with Crippen molar-refractivity contribution >= 4 is 0 Å². The van der Waals surface area contributed by atoms with E-state index in [-0.39, 0.29) is 6.42 Å². The third kappa shape index (κ3) is 5.68. The van der Waals surface area contributed by atoms with Crippen molar-refractivity contribution < 1.29 is 19.0 Å². The molecule has 4 rings (SSSR count). The molecule has 1 saturated heterocycles. The number of hydrogen-bond acceptors (Lipinski definition) is 3. The van der Waals surface area contributed by atoms with E-state index in [1.165, 1.54) is 31.3 Å². The Bertz CT molecular complexity index is 793. The molecule has 0 radical (unpaired) electrons. The van der Waals surface area contributed by atoms with Gasteiger partial charge in [-0.1, -0.05) is 38.2 Å². The summed E-state index contributed by atoms with van der Waals surface area (Å²) >= 11 is 0. The third-order valence-electron chi connectivity index (χ3n) is 9.70. The number of likely N-dealkylation sites (tertiary alicyclic amines) is 1. The SMILES string of the molecule is C=C1/C(=C\C=C2/CCC[C@]3(C)[C@@H]([C@H](C)CN4CC[C@@H](CCC(F)F)C4)CC[C@@H]23)CC(O)CC1O. The second-order valence-electron chi connectivity index (χ2n) is 12.0. The summed E-state index contributed by atoms with van der Waals surface area (Å²) in [6.07, 6.45) is 10.0. The van der Waals surface area contributed by atoms with Crippen molar-refractivity contribution in [1.82, 2.24) is 4.90 Å². The van der Waals surface area contributed by atoms with E-state index >= 15 is 0 Å². The summed E-state index contributed by atoms with van der Waals surface area (Å²) in [5.74, 6) is 2.36. The van der Waals surface area contributed by atoms with Crippen LogP contribution in [0.1, 0.15) is 78.1 Å². The Labute approximate surface area is 205 Å². The highest BCUT2D eigenvalue weighted by atomic mass is 19.3. The summed E-state index contributed by atoms with van der Waals surface area (Å²) < 4.78 is 25.2. The van der Waals surface area contributed by atoms with Gasteiger partial charge in [-0.2, -0.15) is 0 Å². The van der Waals surface area contributed by atoms with E-state index in [1.54, 1.807) is 0 Å². The van der Waals surface area contributed by atoms with Crippen molar-refractivity contribution in [2.75, 3.05) is 19.6 Å². The van der Waals surface area contributed by atoms with Crippen LogP contribution in [0, 0.1) is 29.1 Å². The van der Waals surface area contributed by atoms with E-state index in [4.69, 9.17) is 0 Å². The van der Waals surface area contributed by atoms with Crippen LogP contribution in [0.3, 0.4) is 0 Å². The smallest absolute Gasteiger partial charge is 0.238 e. The first-order valence-corrected chi connectivity index (χ1v) is 13.6. The molecule has 192 valence electrons. The molecular weight excluding hydrogens is 432 g/mol. The standard InChI is InChI=1S/C29H45F2NO2/c1-19(17-32-14-12-21(18-32)6-11-28(30)31)25-9-10-26-22(5-4-13-29(25,26)3)7-8-23-15-24(33)16-27(34)20(23)2/h7-8,19,21,24-28,33-34H,2,4-6,9-18H2,1,3H3/b22-7+,23-8-/t19-,21-,24?,25-,26+,27?,29-/m1/s1. The van der Waals surface area contributed by atoms with Crippen LogP contribution in [-0.4, -0.2) is 53.4 Å². The van der Waals surface area contributed by atoms with Crippen LogP contribution < -0.4 is 0 Å². The van der Waals surface area contributed by atoms with Gasteiger partial charge in [0.25, 0.3) is 0 Å². The zero-order valence-corrected chi connectivity index (χ0v) is 21.2. The van der Waals surface area contributed by atoms with E-state index in [1.807, 2.05) is 0 Å². The number of nitrogens with zero attached hydrogens (tertiary/aromatic N) is 1. The van der Waals surface area contributed by atoms with Crippen LogP contribution in [0.25, 0.3) is 0 Å². The fourth-order valence-electron chi connectivity index (χ4n) is 7.89. The van der Waals surface area contributed by atoms with Crippen LogP contribution in [0.4, 0.5) is 8.78 Å². The lowest BCUT2D eigenvalue weighted by Crippen LogP contribution is -2.39. The Morgan fingerprint density at radius 2 is 2.00 bits per heavy atom. The van der Waals surface area contributed by atoms with Gasteiger partial charge in [-0.3, -0.25) is 0 Å². The van der Waals surface area contributed by atoms with Gasteiger partial charge in [-0.05, 0) is 98.1 Å². The van der Waals surface area contributed by atoms with Gasteiger partial charge in [0.15, 0.2) is 0 Å². The van der Waals surface area contributed by atoms with Crippen molar-refractivity contribution in [2.45, 2.75) is 96.7 Å². The minimum atomic E-state index is -2.17. The lowest BCUT2D eigenvalue weighted by atomic mass is 9.61. The second-order valence-corrected chi connectivity index (χ2v) is 12.0. The highest BCUT2D eigenvalue weighted by Gasteiger charge is 2.50. The average Bonchev–Trinajstić information content (AvgIpc) is 3.37. The zero-order valence-electron chi connectivity index (χ0n) is 21.2. The molecule has 2 unspecified atom stereocenters. The van der Waals surface area contributed by atoms with Crippen molar-refractivity contribution in [1.29, 1.82) is 0 Å². The molecule has 7 atom stereocenters. The summed E-state index contributed by atoms with van der Waals surface area (Å²) in [6, 6.07) is 0. The molecule has 0 aromatic rings. The Morgan fingerprint density at radius 3 is 2.76 bits per heavy atom. The van der Waals surface area contributed by atoms with E-state index in [9.17, 15) is 19.0 Å². The van der Waals surface area contributed by atoms with Crippen LogP contribution in [-0.2, 0) is 0 Å².